The predicted octanol–water partition coefficient (Wildman–Crippen LogP) is 3.07. The van der Waals surface area contributed by atoms with Crippen LogP contribution in [0.25, 0.3) is 0 Å². The van der Waals surface area contributed by atoms with Crippen molar-refractivity contribution in [1.82, 2.24) is 0 Å². The van der Waals surface area contributed by atoms with Crippen molar-refractivity contribution in [2.45, 2.75) is 25.7 Å². The molecule has 0 amide bonds. The minimum Gasteiger partial charge on any atom is -0.461 e. The van der Waals surface area contributed by atoms with Crippen LogP contribution in [0.15, 0.2) is 36.4 Å². The van der Waals surface area contributed by atoms with Gasteiger partial charge in [-0.3, -0.25) is 10.1 Å². The SMILES string of the molecule is O=C[C@]12CC=C[C@@]1(COC(=O)c1ccc([N+](=O)[O-])cc1)CCC2. The summed E-state index contributed by atoms with van der Waals surface area (Å²) in [4.78, 5) is 33.8. The van der Waals surface area contributed by atoms with Crippen LogP contribution in [0.3, 0.4) is 0 Å². The number of carbonyl (C=O) groups excluding carboxylic acids is 2. The summed E-state index contributed by atoms with van der Waals surface area (Å²) >= 11 is 0. The number of allylic oxidation sites excluding steroid dienone is 1. The van der Waals surface area contributed by atoms with Crippen molar-refractivity contribution in [3.8, 4) is 0 Å². The molecule has 120 valence electrons. The molecule has 23 heavy (non-hydrogen) atoms. The fourth-order valence-electron chi connectivity index (χ4n) is 3.75. The first kappa shape index (κ1) is 15.4. The van der Waals surface area contributed by atoms with Crippen LogP contribution in [-0.2, 0) is 9.53 Å². The van der Waals surface area contributed by atoms with E-state index in [1.54, 1.807) is 0 Å². The molecule has 6 nitrogen and oxygen atoms in total. The third-order valence-electron chi connectivity index (χ3n) is 5.16. The second-order valence-corrected chi connectivity index (χ2v) is 6.27. The van der Waals surface area contributed by atoms with E-state index in [0.29, 0.717) is 6.42 Å². The van der Waals surface area contributed by atoms with Crippen LogP contribution in [0.4, 0.5) is 5.69 Å². The summed E-state index contributed by atoms with van der Waals surface area (Å²) in [7, 11) is 0. The topological polar surface area (TPSA) is 86.5 Å². The molecule has 2 aliphatic rings. The van der Waals surface area contributed by atoms with E-state index in [2.05, 4.69) is 0 Å². The quantitative estimate of drug-likeness (QED) is 0.274. The van der Waals surface area contributed by atoms with Crippen molar-refractivity contribution in [3.63, 3.8) is 0 Å². The van der Waals surface area contributed by atoms with Crippen LogP contribution in [0, 0.1) is 20.9 Å². The third kappa shape index (κ3) is 2.44. The molecule has 2 aliphatic carbocycles. The molecule has 1 aromatic rings. The standard InChI is InChI=1S/C17H17NO5/c19-11-16-7-1-9-17(16,10-2-8-16)12-23-15(20)13-3-5-14(6-4-13)18(21)22/h1,3-6,9,11H,2,7-8,10,12H2/t16-,17+/m1/s1. The molecule has 1 fully saturated rings. The summed E-state index contributed by atoms with van der Waals surface area (Å²) in [6.45, 7) is 0.165. The molecule has 0 heterocycles. The van der Waals surface area contributed by atoms with Crippen LogP contribution in [0.5, 0.6) is 0 Å². The number of nitro groups is 1. The first-order valence-corrected chi connectivity index (χ1v) is 7.58. The summed E-state index contributed by atoms with van der Waals surface area (Å²) in [5.74, 6) is -0.527. The maximum absolute atomic E-state index is 12.2. The van der Waals surface area contributed by atoms with Gasteiger partial charge in [-0.15, -0.1) is 0 Å². The normalized spacial score (nSPS) is 28.3. The van der Waals surface area contributed by atoms with Gasteiger partial charge in [0.25, 0.3) is 5.69 Å². The molecule has 2 atom stereocenters. The Morgan fingerprint density at radius 3 is 2.70 bits per heavy atom. The second kappa shape index (κ2) is 5.61. The summed E-state index contributed by atoms with van der Waals surface area (Å²) in [5, 5.41) is 10.6. The van der Waals surface area contributed by atoms with E-state index in [1.165, 1.54) is 24.3 Å². The zero-order valence-corrected chi connectivity index (χ0v) is 12.6. The third-order valence-corrected chi connectivity index (χ3v) is 5.16. The Balaban J connectivity index is 1.70. The van der Waals surface area contributed by atoms with Gasteiger partial charge in [0.2, 0.25) is 0 Å². The molecule has 0 aromatic heterocycles. The van der Waals surface area contributed by atoms with Gasteiger partial charge in [-0.05, 0) is 31.4 Å². The number of rotatable bonds is 5. The van der Waals surface area contributed by atoms with Gasteiger partial charge in [-0.25, -0.2) is 4.79 Å². The average molecular weight is 315 g/mol. The number of nitro benzene ring substituents is 1. The van der Waals surface area contributed by atoms with Gasteiger partial charge < -0.3 is 9.53 Å². The highest BCUT2D eigenvalue weighted by molar-refractivity contribution is 5.89. The van der Waals surface area contributed by atoms with E-state index in [1.807, 2.05) is 12.2 Å². The number of non-ortho nitro benzene ring substituents is 1. The summed E-state index contributed by atoms with van der Waals surface area (Å²) < 4.78 is 5.42. The number of ether oxygens (including phenoxy) is 1. The number of fused-ring (bicyclic) bond motifs is 1. The van der Waals surface area contributed by atoms with Gasteiger partial charge in [0, 0.05) is 23.0 Å². The molecule has 0 spiro atoms. The molecule has 0 saturated heterocycles. The van der Waals surface area contributed by atoms with Crippen LogP contribution >= 0.6 is 0 Å². The maximum atomic E-state index is 12.2. The van der Waals surface area contributed by atoms with Crippen molar-refractivity contribution in [1.29, 1.82) is 0 Å². The lowest BCUT2D eigenvalue weighted by Crippen LogP contribution is -2.38. The van der Waals surface area contributed by atoms with E-state index >= 15 is 0 Å². The lowest BCUT2D eigenvalue weighted by molar-refractivity contribution is -0.384. The van der Waals surface area contributed by atoms with Gasteiger partial charge in [-0.1, -0.05) is 18.6 Å². The molecule has 0 N–H and O–H groups in total. The first-order valence-electron chi connectivity index (χ1n) is 7.58. The van der Waals surface area contributed by atoms with E-state index in [-0.39, 0.29) is 17.9 Å². The number of aldehydes is 1. The highest BCUT2D eigenvalue weighted by atomic mass is 16.6. The summed E-state index contributed by atoms with van der Waals surface area (Å²) in [5.41, 5.74) is -0.646. The Kier molecular flexibility index (Phi) is 3.75. The van der Waals surface area contributed by atoms with Gasteiger partial charge in [0.1, 0.15) is 12.9 Å². The molecular formula is C17H17NO5. The molecule has 0 bridgehead atoms. The number of nitrogens with zero attached hydrogens (tertiary/aromatic N) is 1. The number of esters is 1. The Morgan fingerprint density at radius 2 is 2.04 bits per heavy atom. The minimum absolute atomic E-state index is 0.0744. The average Bonchev–Trinajstić information content (AvgIpc) is 3.08. The Morgan fingerprint density at radius 1 is 1.30 bits per heavy atom. The van der Waals surface area contributed by atoms with Crippen LogP contribution < -0.4 is 0 Å². The lowest BCUT2D eigenvalue weighted by atomic mass is 9.69. The smallest absolute Gasteiger partial charge is 0.338 e. The molecule has 3 rings (SSSR count). The molecule has 6 heteroatoms. The van der Waals surface area contributed by atoms with Crippen molar-refractivity contribution in [2.75, 3.05) is 6.61 Å². The molecule has 0 radical (unpaired) electrons. The van der Waals surface area contributed by atoms with Crippen molar-refractivity contribution in [3.05, 3.63) is 52.1 Å². The van der Waals surface area contributed by atoms with Gasteiger partial charge in [0.05, 0.1) is 10.5 Å². The summed E-state index contributed by atoms with van der Waals surface area (Å²) in [6, 6.07) is 5.31. The molecule has 1 aromatic carbocycles. The van der Waals surface area contributed by atoms with Crippen LogP contribution in [-0.4, -0.2) is 23.8 Å². The Hall–Kier alpha value is -2.50. The lowest BCUT2D eigenvalue weighted by Gasteiger charge is -2.35. The predicted molar refractivity (Wildman–Crippen MR) is 81.9 cm³/mol. The first-order chi connectivity index (χ1) is 11.0. The van der Waals surface area contributed by atoms with E-state index in [0.717, 1.165) is 25.5 Å². The number of hydrogen-bond acceptors (Lipinski definition) is 5. The van der Waals surface area contributed by atoms with E-state index in [9.17, 15) is 19.7 Å². The molecule has 0 unspecified atom stereocenters. The monoisotopic (exact) mass is 315 g/mol. The number of benzene rings is 1. The number of hydrogen-bond donors (Lipinski definition) is 0. The van der Waals surface area contributed by atoms with Gasteiger partial charge in [-0.2, -0.15) is 0 Å². The summed E-state index contributed by atoms with van der Waals surface area (Å²) in [6.07, 6.45) is 8.31. The highest BCUT2D eigenvalue weighted by Crippen LogP contribution is 2.58. The fourth-order valence-corrected chi connectivity index (χ4v) is 3.75. The fraction of sp³-hybridized carbons (Fsp3) is 0.412. The maximum Gasteiger partial charge on any atom is 0.338 e. The van der Waals surface area contributed by atoms with Crippen LogP contribution in [0.2, 0.25) is 0 Å². The Labute approximate surface area is 133 Å². The number of carbonyl (C=O) groups is 2. The Bertz CT molecular complexity index is 681. The second-order valence-electron chi connectivity index (χ2n) is 6.27. The molecule has 0 aliphatic heterocycles. The largest absolute Gasteiger partial charge is 0.461 e. The molecule has 1 saturated carbocycles. The van der Waals surface area contributed by atoms with Crippen molar-refractivity contribution in [2.24, 2.45) is 10.8 Å². The zero-order valence-electron chi connectivity index (χ0n) is 12.6. The minimum atomic E-state index is -0.527. The molecular weight excluding hydrogens is 298 g/mol. The van der Waals surface area contributed by atoms with Crippen molar-refractivity contribution < 1.29 is 19.2 Å². The highest BCUT2D eigenvalue weighted by Gasteiger charge is 2.56. The van der Waals surface area contributed by atoms with Crippen molar-refractivity contribution >= 4 is 17.9 Å². The van der Waals surface area contributed by atoms with Gasteiger partial charge >= 0.3 is 5.97 Å². The van der Waals surface area contributed by atoms with Gasteiger partial charge in [0.15, 0.2) is 0 Å². The van der Waals surface area contributed by atoms with Crippen LogP contribution in [0.1, 0.15) is 36.0 Å². The van der Waals surface area contributed by atoms with E-state index in [4.69, 9.17) is 4.74 Å². The van der Waals surface area contributed by atoms with E-state index < -0.39 is 21.7 Å². The zero-order chi connectivity index (χ0) is 16.5.